The molecule has 2 N–H and O–H groups in total. The molecule has 0 heterocycles. The van der Waals surface area contributed by atoms with E-state index >= 15 is 0 Å². The van der Waals surface area contributed by atoms with E-state index in [2.05, 4.69) is 26.0 Å². The number of aliphatic hydroxyl groups is 2. The maximum Gasteiger partial charge on any atom is 0.0809 e. The summed E-state index contributed by atoms with van der Waals surface area (Å²) in [5, 5.41) is 22.3. The van der Waals surface area contributed by atoms with Gasteiger partial charge in [0.25, 0.3) is 0 Å². The maximum absolute atomic E-state index is 11.3. The van der Waals surface area contributed by atoms with Gasteiger partial charge in [-0.3, -0.25) is 0 Å². The summed E-state index contributed by atoms with van der Waals surface area (Å²) in [6.07, 6.45) is 11.5. The molecule has 3 saturated carbocycles. The van der Waals surface area contributed by atoms with Gasteiger partial charge < -0.3 is 10.2 Å². The summed E-state index contributed by atoms with van der Waals surface area (Å²) in [6.45, 7) is 4.79. The number of hydrogen-bond donors (Lipinski definition) is 2. The van der Waals surface area contributed by atoms with Crippen LogP contribution < -0.4 is 0 Å². The molecular weight excluding hydrogens is 380 g/mol. The molecule has 3 heteroatoms. The standard InChI is InChI=1S/C26H33ClO2/c1-25-11-9-20(28)15-18(25)5-8-21-22(25)10-12-26(2)23(21)14-17(24(26)29)13-16-3-6-19(27)7-4-16/h3-7,13,20-24,28-29H,8-12,14-15H2,1-2H3/b17-13+/t20-,21+,22-,23-,24-,25+,26+/m1/s1. The van der Waals surface area contributed by atoms with Gasteiger partial charge in [0, 0.05) is 10.4 Å². The lowest BCUT2D eigenvalue weighted by Gasteiger charge is -2.57. The second-order valence-electron chi connectivity index (χ2n) is 10.6. The average Bonchev–Trinajstić information content (AvgIpc) is 2.95. The first kappa shape index (κ1) is 19.8. The van der Waals surface area contributed by atoms with Gasteiger partial charge in [-0.05, 0) is 91.4 Å². The Morgan fingerprint density at radius 3 is 2.52 bits per heavy atom. The molecule has 1 aromatic carbocycles. The summed E-state index contributed by atoms with van der Waals surface area (Å²) in [4.78, 5) is 0. The Kier molecular flexibility index (Phi) is 4.77. The zero-order valence-corrected chi connectivity index (χ0v) is 18.3. The van der Waals surface area contributed by atoms with Gasteiger partial charge in [-0.1, -0.05) is 55.3 Å². The van der Waals surface area contributed by atoms with Gasteiger partial charge in [0.15, 0.2) is 0 Å². The number of hydrogen-bond acceptors (Lipinski definition) is 2. The first-order valence-electron chi connectivity index (χ1n) is 11.3. The van der Waals surface area contributed by atoms with E-state index in [1.54, 1.807) is 0 Å². The second-order valence-corrected chi connectivity index (χ2v) is 11.0. The molecule has 0 aliphatic heterocycles. The highest BCUT2D eigenvalue weighted by molar-refractivity contribution is 6.30. The first-order chi connectivity index (χ1) is 13.8. The summed E-state index contributed by atoms with van der Waals surface area (Å²) in [5.41, 5.74) is 4.06. The molecule has 0 spiro atoms. The minimum Gasteiger partial charge on any atom is -0.393 e. The Bertz CT molecular complexity index is 856. The van der Waals surface area contributed by atoms with Crippen LogP contribution in [0.4, 0.5) is 0 Å². The van der Waals surface area contributed by atoms with Gasteiger partial charge in [-0.2, -0.15) is 0 Å². The normalized spacial score (nSPS) is 45.3. The third-order valence-corrected chi connectivity index (χ3v) is 9.42. The molecule has 0 bridgehead atoms. The molecule has 0 radical (unpaired) electrons. The molecule has 7 atom stereocenters. The van der Waals surface area contributed by atoms with Crippen molar-refractivity contribution < 1.29 is 10.2 Å². The first-order valence-corrected chi connectivity index (χ1v) is 11.7. The molecule has 3 fully saturated rings. The van der Waals surface area contributed by atoms with Gasteiger partial charge in [-0.25, -0.2) is 0 Å². The summed E-state index contributed by atoms with van der Waals surface area (Å²) >= 11 is 6.04. The van der Waals surface area contributed by atoms with Crippen molar-refractivity contribution in [3.05, 3.63) is 52.1 Å². The van der Waals surface area contributed by atoms with E-state index < -0.39 is 0 Å². The largest absolute Gasteiger partial charge is 0.393 e. The van der Waals surface area contributed by atoms with Crippen LogP contribution in [0.5, 0.6) is 0 Å². The molecule has 4 aliphatic rings. The fraction of sp³-hybridized carbons (Fsp3) is 0.615. The highest BCUT2D eigenvalue weighted by Gasteiger charge is 2.59. The Labute approximate surface area is 179 Å². The number of aliphatic hydroxyl groups excluding tert-OH is 2. The predicted molar refractivity (Wildman–Crippen MR) is 119 cm³/mol. The smallest absolute Gasteiger partial charge is 0.0809 e. The van der Waals surface area contributed by atoms with Crippen LogP contribution in [0.15, 0.2) is 41.5 Å². The minimum atomic E-state index is -0.351. The summed E-state index contributed by atoms with van der Waals surface area (Å²) in [6, 6.07) is 7.93. The van der Waals surface area contributed by atoms with E-state index in [9.17, 15) is 10.2 Å². The van der Waals surface area contributed by atoms with Gasteiger partial charge in [0.05, 0.1) is 12.2 Å². The SMILES string of the molecule is C[C@]12CC[C@@H]3[C@H](CC=C4C[C@H](O)CC[C@@]43C)[C@H]1C/C(=C\c1ccc(Cl)cc1)[C@H]2O. The number of fused-ring (bicyclic) bond motifs is 5. The van der Waals surface area contributed by atoms with Crippen molar-refractivity contribution >= 4 is 17.7 Å². The van der Waals surface area contributed by atoms with E-state index in [4.69, 9.17) is 11.6 Å². The van der Waals surface area contributed by atoms with E-state index in [1.165, 1.54) is 17.6 Å². The topological polar surface area (TPSA) is 40.5 Å². The van der Waals surface area contributed by atoms with Crippen molar-refractivity contribution in [2.75, 3.05) is 0 Å². The molecule has 5 rings (SSSR count). The van der Waals surface area contributed by atoms with Gasteiger partial charge in [-0.15, -0.1) is 0 Å². The molecule has 1 aromatic rings. The molecule has 29 heavy (non-hydrogen) atoms. The summed E-state index contributed by atoms with van der Waals surface area (Å²) in [7, 11) is 0. The fourth-order valence-corrected chi connectivity index (χ4v) is 7.54. The van der Waals surface area contributed by atoms with Crippen molar-refractivity contribution in [2.45, 2.75) is 71.0 Å². The van der Waals surface area contributed by atoms with Crippen LogP contribution in [0.2, 0.25) is 5.02 Å². The van der Waals surface area contributed by atoms with Crippen molar-refractivity contribution in [1.82, 2.24) is 0 Å². The van der Waals surface area contributed by atoms with Crippen molar-refractivity contribution in [3.63, 3.8) is 0 Å². The predicted octanol–water partition coefficient (Wildman–Crippen LogP) is 6.02. The zero-order valence-electron chi connectivity index (χ0n) is 17.6. The van der Waals surface area contributed by atoms with Crippen LogP contribution in [0.25, 0.3) is 6.08 Å². The molecule has 0 unspecified atom stereocenters. The highest BCUT2D eigenvalue weighted by atomic mass is 35.5. The fourth-order valence-electron chi connectivity index (χ4n) is 7.41. The van der Waals surface area contributed by atoms with Crippen LogP contribution in [0.3, 0.4) is 0 Å². The Morgan fingerprint density at radius 2 is 1.76 bits per heavy atom. The number of benzene rings is 1. The molecular formula is C26H33ClO2. The third-order valence-electron chi connectivity index (χ3n) is 9.17. The van der Waals surface area contributed by atoms with E-state index in [0.29, 0.717) is 17.8 Å². The molecule has 156 valence electrons. The molecule has 0 saturated heterocycles. The number of rotatable bonds is 1. The highest BCUT2D eigenvalue weighted by Crippen LogP contribution is 2.65. The molecule has 0 aromatic heterocycles. The third kappa shape index (κ3) is 3.06. The van der Waals surface area contributed by atoms with Crippen LogP contribution in [0, 0.1) is 28.6 Å². The van der Waals surface area contributed by atoms with Gasteiger partial charge in [0.2, 0.25) is 0 Å². The lowest BCUT2D eigenvalue weighted by Crippen LogP contribution is -2.51. The zero-order chi connectivity index (χ0) is 20.4. The molecule has 0 amide bonds. The molecule has 4 aliphatic carbocycles. The Balaban J connectivity index is 1.46. The quantitative estimate of drug-likeness (QED) is 0.554. The lowest BCUT2D eigenvalue weighted by atomic mass is 9.48. The number of halogens is 1. The van der Waals surface area contributed by atoms with Crippen LogP contribution in [0.1, 0.15) is 64.4 Å². The van der Waals surface area contributed by atoms with Crippen LogP contribution >= 0.6 is 11.6 Å². The monoisotopic (exact) mass is 412 g/mol. The number of allylic oxidation sites excluding steroid dienone is 1. The second kappa shape index (κ2) is 6.97. The van der Waals surface area contributed by atoms with Crippen LogP contribution in [-0.2, 0) is 0 Å². The molecule has 2 nitrogen and oxygen atoms in total. The summed E-state index contributed by atoms with van der Waals surface area (Å²) in [5.74, 6) is 1.87. The van der Waals surface area contributed by atoms with Gasteiger partial charge >= 0.3 is 0 Å². The van der Waals surface area contributed by atoms with E-state index in [-0.39, 0.29) is 23.0 Å². The lowest BCUT2D eigenvalue weighted by molar-refractivity contribution is -0.0685. The average molecular weight is 413 g/mol. The summed E-state index contributed by atoms with van der Waals surface area (Å²) < 4.78 is 0. The van der Waals surface area contributed by atoms with Crippen LogP contribution in [-0.4, -0.2) is 22.4 Å². The van der Waals surface area contributed by atoms with Crippen molar-refractivity contribution in [3.8, 4) is 0 Å². The van der Waals surface area contributed by atoms with Crippen molar-refractivity contribution in [1.29, 1.82) is 0 Å². The maximum atomic E-state index is 11.3. The van der Waals surface area contributed by atoms with Gasteiger partial charge in [0.1, 0.15) is 0 Å². The van der Waals surface area contributed by atoms with E-state index in [1.807, 2.05) is 24.3 Å². The Morgan fingerprint density at radius 1 is 1.00 bits per heavy atom. The van der Waals surface area contributed by atoms with Crippen molar-refractivity contribution in [2.24, 2.45) is 28.6 Å². The van der Waals surface area contributed by atoms with E-state index in [0.717, 1.165) is 49.1 Å². The Hall–Kier alpha value is -1.09. The minimum absolute atomic E-state index is 0.0185.